The number of hydrogen-bond donors (Lipinski definition) is 1. The highest BCUT2D eigenvalue weighted by molar-refractivity contribution is 7.99. The molecule has 2 rings (SSSR count). The van der Waals surface area contributed by atoms with E-state index in [1.807, 2.05) is 36.0 Å². The van der Waals surface area contributed by atoms with Gasteiger partial charge in [0.05, 0.1) is 7.11 Å². The molecule has 0 amide bonds. The van der Waals surface area contributed by atoms with Crippen molar-refractivity contribution in [2.75, 3.05) is 23.9 Å². The molecule has 0 radical (unpaired) electrons. The summed E-state index contributed by atoms with van der Waals surface area (Å²) in [5, 5.41) is 3.38. The van der Waals surface area contributed by atoms with Gasteiger partial charge in [-0.3, -0.25) is 0 Å². The van der Waals surface area contributed by atoms with Crippen LogP contribution < -0.4 is 5.32 Å². The highest BCUT2D eigenvalue weighted by Gasteiger charge is 2.40. The predicted octanol–water partition coefficient (Wildman–Crippen LogP) is 2.85. The van der Waals surface area contributed by atoms with Crippen LogP contribution in [0, 0.1) is 6.92 Å². The minimum atomic E-state index is -0.546. The van der Waals surface area contributed by atoms with Crippen molar-refractivity contribution < 1.29 is 9.53 Å². The van der Waals surface area contributed by atoms with Crippen molar-refractivity contribution in [2.24, 2.45) is 0 Å². The molecule has 1 aliphatic heterocycles. The molecule has 1 aliphatic rings. The van der Waals surface area contributed by atoms with Crippen molar-refractivity contribution in [3.8, 4) is 0 Å². The summed E-state index contributed by atoms with van der Waals surface area (Å²) in [5.74, 6) is 1.84. The normalized spacial score (nSPS) is 18.1. The Morgan fingerprint density at radius 2 is 1.89 bits per heavy atom. The van der Waals surface area contributed by atoms with E-state index in [1.54, 1.807) is 0 Å². The van der Waals surface area contributed by atoms with E-state index in [9.17, 15) is 4.79 Å². The van der Waals surface area contributed by atoms with Gasteiger partial charge in [0.15, 0.2) is 0 Å². The molecule has 18 heavy (non-hydrogen) atoms. The third-order valence-corrected chi connectivity index (χ3v) is 4.34. The van der Waals surface area contributed by atoms with Crippen LogP contribution in [0.5, 0.6) is 0 Å². The van der Waals surface area contributed by atoms with E-state index in [0.29, 0.717) is 0 Å². The molecule has 1 aromatic rings. The Labute approximate surface area is 112 Å². The molecule has 1 saturated heterocycles. The summed E-state index contributed by atoms with van der Waals surface area (Å²) in [6.45, 7) is 2.05. The molecule has 1 N–H and O–H groups in total. The van der Waals surface area contributed by atoms with Gasteiger partial charge in [-0.1, -0.05) is 17.7 Å². The largest absolute Gasteiger partial charge is 0.467 e. The number of thioether (sulfide) groups is 1. The summed E-state index contributed by atoms with van der Waals surface area (Å²) in [4.78, 5) is 12.1. The van der Waals surface area contributed by atoms with Gasteiger partial charge in [0.2, 0.25) is 0 Å². The van der Waals surface area contributed by atoms with Gasteiger partial charge < -0.3 is 10.1 Å². The standard InChI is InChI=1S/C14H19NO2S/c1-11-3-5-12(6-4-11)15-14(13(16)17-2)7-9-18-10-8-14/h3-6,15H,7-10H2,1-2H3. The first-order chi connectivity index (χ1) is 8.66. The SMILES string of the molecule is COC(=O)C1(Nc2ccc(C)cc2)CCSCC1. The van der Waals surface area contributed by atoms with E-state index in [4.69, 9.17) is 4.74 Å². The zero-order chi connectivity index (χ0) is 13.0. The van der Waals surface area contributed by atoms with Crippen LogP contribution >= 0.6 is 11.8 Å². The van der Waals surface area contributed by atoms with Crippen LogP contribution in [-0.2, 0) is 9.53 Å². The average molecular weight is 265 g/mol. The number of anilines is 1. The number of ether oxygens (including phenoxy) is 1. The van der Waals surface area contributed by atoms with Crippen molar-refractivity contribution >= 4 is 23.4 Å². The molecule has 0 aliphatic carbocycles. The lowest BCUT2D eigenvalue weighted by Gasteiger charge is -2.35. The molecule has 1 aromatic carbocycles. The summed E-state index contributed by atoms with van der Waals surface area (Å²) < 4.78 is 4.98. The quantitative estimate of drug-likeness (QED) is 0.853. The molecule has 4 heteroatoms. The lowest BCUT2D eigenvalue weighted by molar-refractivity contribution is -0.146. The van der Waals surface area contributed by atoms with Crippen LogP contribution in [0.15, 0.2) is 24.3 Å². The van der Waals surface area contributed by atoms with E-state index in [-0.39, 0.29) is 5.97 Å². The van der Waals surface area contributed by atoms with Gasteiger partial charge in [0.1, 0.15) is 5.54 Å². The maximum Gasteiger partial charge on any atom is 0.331 e. The lowest BCUT2D eigenvalue weighted by atomic mass is 9.91. The second-order valence-corrected chi connectivity index (χ2v) is 5.90. The molecule has 1 fully saturated rings. The third kappa shape index (κ3) is 2.80. The fourth-order valence-electron chi connectivity index (χ4n) is 2.21. The zero-order valence-electron chi connectivity index (χ0n) is 10.9. The van der Waals surface area contributed by atoms with Crippen LogP contribution in [0.3, 0.4) is 0 Å². The van der Waals surface area contributed by atoms with E-state index < -0.39 is 5.54 Å². The number of hydrogen-bond acceptors (Lipinski definition) is 4. The molecule has 0 bridgehead atoms. The molecule has 3 nitrogen and oxygen atoms in total. The second kappa shape index (κ2) is 5.65. The fourth-order valence-corrected chi connectivity index (χ4v) is 3.40. The Balaban J connectivity index is 2.19. The number of benzene rings is 1. The summed E-state index contributed by atoms with van der Waals surface area (Å²) in [6.07, 6.45) is 1.64. The first-order valence-electron chi connectivity index (χ1n) is 6.17. The summed E-state index contributed by atoms with van der Waals surface area (Å²) in [5.41, 5.74) is 1.65. The van der Waals surface area contributed by atoms with Crippen molar-refractivity contribution in [1.29, 1.82) is 0 Å². The second-order valence-electron chi connectivity index (χ2n) is 4.68. The third-order valence-electron chi connectivity index (χ3n) is 3.36. The van der Waals surface area contributed by atoms with Crippen LogP contribution in [0.2, 0.25) is 0 Å². The minimum absolute atomic E-state index is 0.150. The van der Waals surface area contributed by atoms with Gasteiger partial charge in [-0.2, -0.15) is 11.8 Å². The first-order valence-corrected chi connectivity index (χ1v) is 7.33. The first kappa shape index (κ1) is 13.3. The van der Waals surface area contributed by atoms with E-state index in [2.05, 4.69) is 12.2 Å². The maximum absolute atomic E-state index is 12.1. The number of aryl methyl sites for hydroxylation is 1. The van der Waals surface area contributed by atoms with Crippen LogP contribution in [0.1, 0.15) is 18.4 Å². The highest BCUT2D eigenvalue weighted by atomic mass is 32.2. The Kier molecular flexibility index (Phi) is 4.17. The molecular weight excluding hydrogens is 246 g/mol. The molecule has 1 heterocycles. The van der Waals surface area contributed by atoms with Crippen LogP contribution in [-0.4, -0.2) is 30.1 Å². The van der Waals surface area contributed by atoms with Gasteiger partial charge in [-0.25, -0.2) is 4.79 Å². The molecular formula is C14H19NO2S. The molecule has 0 spiro atoms. The number of carbonyl (C=O) groups excluding carboxylic acids is 1. The average Bonchev–Trinajstić information content (AvgIpc) is 2.41. The molecule has 0 saturated carbocycles. The van der Waals surface area contributed by atoms with Gasteiger partial charge >= 0.3 is 5.97 Å². The topological polar surface area (TPSA) is 38.3 Å². The van der Waals surface area contributed by atoms with Crippen LogP contribution in [0.4, 0.5) is 5.69 Å². The predicted molar refractivity (Wildman–Crippen MR) is 76.1 cm³/mol. The molecule has 0 atom stereocenters. The maximum atomic E-state index is 12.1. The van der Waals surface area contributed by atoms with Gasteiger partial charge in [0, 0.05) is 5.69 Å². The minimum Gasteiger partial charge on any atom is -0.467 e. The van der Waals surface area contributed by atoms with Crippen LogP contribution in [0.25, 0.3) is 0 Å². The van der Waals surface area contributed by atoms with Crippen molar-refractivity contribution in [3.05, 3.63) is 29.8 Å². The Morgan fingerprint density at radius 3 is 2.44 bits per heavy atom. The highest BCUT2D eigenvalue weighted by Crippen LogP contribution is 2.31. The Bertz CT molecular complexity index is 410. The monoisotopic (exact) mass is 265 g/mol. The Hall–Kier alpha value is -1.16. The smallest absolute Gasteiger partial charge is 0.331 e. The van der Waals surface area contributed by atoms with Gasteiger partial charge in [-0.15, -0.1) is 0 Å². The van der Waals surface area contributed by atoms with Gasteiger partial charge in [-0.05, 0) is 43.4 Å². The van der Waals surface area contributed by atoms with E-state index >= 15 is 0 Å². The molecule has 98 valence electrons. The molecule has 0 aromatic heterocycles. The summed E-state index contributed by atoms with van der Waals surface area (Å²) >= 11 is 1.89. The van der Waals surface area contributed by atoms with Crippen molar-refractivity contribution in [1.82, 2.24) is 0 Å². The number of rotatable bonds is 3. The lowest BCUT2D eigenvalue weighted by Crippen LogP contribution is -2.49. The number of methoxy groups -OCH3 is 1. The summed E-state index contributed by atoms with van der Waals surface area (Å²) in [7, 11) is 1.46. The van der Waals surface area contributed by atoms with Gasteiger partial charge in [0.25, 0.3) is 0 Å². The zero-order valence-corrected chi connectivity index (χ0v) is 11.7. The van der Waals surface area contributed by atoms with Crippen molar-refractivity contribution in [3.63, 3.8) is 0 Å². The molecule has 0 unspecified atom stereocenters. The van der Waals surface area contributed by atoms with Crippen molar-refractivity contribution in [2.45, 2.75) is 25.3 Å². The van der Waals surface area contributed by atoms with E-state index in [1.165, 1.54) is 12.7 Å². The fraction of sp³-hybridized carbons (Fsp3) is 0.500. The number of nitrogens with one attached hydrogen (secondary N) is 1. The Morgan fingerprint density at radius 1 is 1.28 bits per heavy atom. The summed E-state index contributed by atoms with van der Waals surface area (Å²) in [6, 6.07) is 8.12. The number of esters is 1. The van der Waals surface area contributed by atoms with E-state index in [0.717, 1.165) is 30.0 Å². The number of carbonyl (C=O) groups is 1.